The van der Waals surface area contributed by atoms with E-state index in [0.29, 0.717) is 6.61 Å². The number of hydrogen-bond acceptors (Lipinski definition) is 5. The average molecular weight is 486 g/mol. The van der Waals surface area contributed by atoms with Gasteiger partial charge in [-0.15, -0.1) is 0 Å². The van der Waals surface area contributed by atoms with Gasteiger partial charge in [0.05, 0.1) is 14.2 Å². The van der Waals surface area contributed by atoms with Crippen LogP contribution in [0.1, 0.15) is 49.0 Å². The number of ether oxygens (including phenoxy) is 4. The monoisotopic (exact) mass is 485 g/mol. The number of allylic oxidation sites excluding steroid dienone is 1. The maximum Gasteiger partial charge on any atom is 0.150 e. The van der Waals surface area contributed by atoms with Gasteiger partial charge in [-0.2, -0.15) is 0 Å². The molecule has 3 aromatic rings. The van der Waals surface area contributed by atoms with E-state index in [2.05, 4.69) is 54.3 Å². The zero-order valence-corrected chi connectivity index (χ0v) is 21.5. The van der Waals surface area contributed by atoms with Crippen LogP contribution >= 0.6 is 0 Å². The lowest BCUT2D eigenvalue weighted by atomic mass is 9.86. The van der Waals surface area contributed by atoms with E-state index in [1.54, 1.807) is 14.2 Å². The Bertz CT molecular complexity index is 1190. The first-order valence-corrected chi connectivity index (χ1v) is 12.8. The first-order valence-electron chi connectivity index (χ1n) is 12.8. The van der Waals surface area contributed by atoms with Crippen LogP contribution in [0.5, 0.6) is 23.0 Å². The van der Waals surface area contributed by atoms with E-state index in [-0.39, 0.29) is 6.10 Å². The summed E-state index contributed by atoms with van der Waals surface area (Å²) < 4.78 is 23.6. The fourth-order valence-electron chi connectivity index (χ4n) is 5.15. The number of benzene rings is 3. The molecule has 0 N–H and O–H groups in total. The fourth-order valence-corrected chi connectivity index (χ4v) is 5.15. The SMILES string of the molecule is COc1ccc(C2=C(C)c3ccc(OC)cc3O[C@H]2c2ccc(OCCN3CCCCC3)cc2)cc1. The third kappa shape index (κ3) is 5.21. The highest BCUT2D eigenvalue weighted by Gasteiger charge is 2.29. The summed E-state index contributed by atoms with van der Waals surface area (Å²) >= 11 is 0. The molecule has 0 bridgehead atoms. The molecule has 0 aliphatic carbocycles. The van der Waals surface area contributed by atoms with Crippen molar-refractivity contribution < 1.29 is 18.9 Å². The van der Waals surface area contributed by atoms with Crippen molar-refractivity contribution >= 4 is 11.1 Å². The van der Waals surface area contributed by atoms with Crippen molar-refractivity contribution in [2.45, 2.75) is 32.3 Å². The Morgan fingerprint density at radius 3 is 2.17 bits per heavy atom. The number of nitrogens with zero attached hydrogens (tertiary/aromatic N) is 1. The molecule has 188 valence electrons. The highest BCUT2D eigenvalue weighted by molar-refractivity contribution is 5.95. The summed E-state index contributed by atoms with van der Waals surface area (Å²) in [7, 11) is 3.36. The van der Waals surface area contributed by atoms with Crippen molar-refractivity contribution in [3.8, 4) is 23.0 Å². The van der Waals surface area contributed by atoms with Gasteiger partial charge in [-0.3, -0.25) is 4.90 Å². The van der Waals surface area contributed by atoms with E-state index in [9.17, 15) is 0 Å². The molecule has 0 spiro atoms. The number of fused-ring (bicyclic) bond motifs is 1. The highest BCUT2D eigenvalue weighted by Crippen LogP contribution is 2.47. The maximum absolute atomic E-state index is 6.64. The zero-order valence-electron chi connectivity index (χ0n) is 21.5. The summed E-state index contributed by atoms with van der Waals surface area (Å²) in [5.74, 6) is 3.34. The minimum absolute atomic E-state index is 0.250. The summed E-state index contributed by atoms with van der Waals surface area (Å²) in [5, 5.41) is 0. The average Bonchev–Trinajstić information content (AvgIpc) is 2.94. The molecular formula is C31H35NO4. The van der Waals surface area contributed by atoms with Crippen LogP contribution in [0, 0.1) is 0 Å². The molecule has 1 fully saturated rings. The molecule has 0 radical (unpaired) electrons. The third-order valence-corrected chi connectivity index (χ3v) is 7.21. The molecular weight excluding hydrogens is 450 g/mol. The first-order chi connectivity index (χ1) is 17.7. The minimum Gasteiger partial charge on any atom is -0.497 e. The summed E-state index contributed by atoms with van der Waals surface area (Å²) in [5.41, 5.74) is 5.61. The Kier molecular flexibility index (Phi) is 7.47. The second-order valence-corrected chi connectivity index (χ2v) is 9.45. The predicted octanol–water partition coefficient (Wildman–Crippen LogP) is 6.63. The zero-order chi connectivity index (χ0) is 24.9. The highest BCUT2D eigenvalue weighted by atomic mass is 16.5. The molecule has 2 heterocycles. The van der Waals surface area contributed by atoms with E-state index in [1.165, 1.54) is 37.9 Å². The van der Waals surface area contributed by atoms with Crippen molar-refractivity contribution in [1.82, 2.24) is 4.90 Å². The van der Waals surface area contributed by atoms with Crippen LogP contribution in [-0.2, 0) is 0 Å². The Hall–Kier alpha value is -3.44. The Morgan fingerprint density at radius 1 is 0.806 bits per heavy atom. The number of piperidine rings is 1. The molecule has 1 atom stereocenters. The Morgan fingerprint density at radius 2 is 1.47 bits per heavy atom. The van der Waals surface area contributed by atoms with Gasteiger partial charge in [-0.1, -0.05) is 30.7 Å². The second kappa shape index (κ2) is 11.1. The van der Waals surface area contributed by atoms with E-state index < -0.39 is 0 Å². The molecule has 2 aliphatic heterocycles. The van der Waals surface area contributed by atoms with Gasteiger partial charge in [-0.25, -0.2) is 0 Å². The number of rotatable bonds is 8. The molecule has 3 aromatic carbocycles. The summed E-state index contributed by atoms with van der Waals surface area (Å²) in [6.07, 6.45) is 3.70. The molecule has 1 saturated heterocycles. The Balaban J connectivity index is 1.40. The lowest BCUT2D eigenvalue weighted by Gasteiger charge is -2.31. The van der Waals surface area contributed by atoms with Crippen molar-refractivity contribution in [2.75, 3.05) is 40.5 Å². The van der Waals surface area contributed by atoms with Crippen LogP contribution in [0.25, 0.3) is 11.1 Å². The van der Waals surface area contributed by atoms with Crippen molar-refractivity contribution in [3.05, 3.63) is 83.4 Å². The summed E-state index contributed by atoms with van der Waals surface area (Å²) in [6.45, 7) is 6.23. The van der Waals surface area contributed by atoms with Crippen LogP contribution in [0.4, 0.5) is 0 Å². The van der Waals surface area contributed by atoms with E-state index in [0.717, 1.165) is 51.8 Å². The van der Waals surface area contributed by atoms with Gasteiger partial charge in [0.25, 0.3) is 0 Å². The van der Waals surface area contributed by atoms with Gasteiger partial charge in [0.1, 0.15) is 35.7 Å². The van der Waals surface area contributed by atoms with Crippen LogP contribution in [-0.4, -0.2) is 45.4 Å². The van der Waals surface area contributed by atoms with Gasteiger partial charge in [0.15, 0.2) is 0 Å². The van der Waals surface area contributed by atoms with E-state index in [4.69, 9.17) is 18.9 Å². The van der Waals surface area contributed by atoms with Crippen LogP contribution < -0.4 is 18.9 Å². The lowest BCUT2D eigenvalue weighted by Crippen LogP contribution is -2.33. The molecule has 5 rings (SSSR count). The van der Waals surface area contributed by atoms with Crippen LogP contribution in [0.15, 0.2) is 66.7 Å². The topological polar surface area (TPSA) is 40.2 Å². The largest absolute Gasteiger partial charge is 0.497 e. The normalized spacial score (nSPS) is 17.8. The standard InChI is InChI=1S/C31H35NO4/c1-22-28-16-15-27(34-3)21-29(28)36-31(30(22)23-7-11-25(33-2)12-8-23)24-9-13-26(14-10-24)35-20-19-32-17-5-4-6-18-32/h7-16,21,31H,4-6,17-20H2,1-3H3/t31-/m0/s1. The first kappa shape index (κ1) is 24.3. The van der Waals surface area contributed by atoms with E-state index in [1.807, 2.05) is 24.3 Å². The molecule has 0 amide bonds. The van der Waals surface area contributed by atoms with Gasteiger partial charge in [-0.05, 0) is 86.0 Å². The van der Waals surface area contributed by atoms with Gasteiger partial charge < -0.3 is 18.9 Å². The maximum atomic E-state index is 6.64. The van der Waals surface area contributed by atoms with Gasteiger partial charge in [0, 0.05) is 23.7 Å². The predicted molar refractivity (Wildman–Crippen MR) is 144 cm³/mol. The molecule has 0 aromatic heterocycles. The van der Waals surface area contributed by atoms with Crippen molar-refractivity contribution in [1.29, 1.82) is 0 Å². The Labute approximate surface area is 214 Å². The van der Waals surface area contributed by atoms with Crippen molar-refractivity contribution in [2.24, 2.45) is 0 Å². The molecule has 0 unspecified atom stereocenters. The molecule has 5 heteroatoms. The molecule has 5 nitrogen and oxygen atoms in total. The number of likely N-dealkylation sites (tertiary alicyclic amines) is 1. The van der Waals surface area contributed by atoms with Crippen LogP contribution in [0.2, 0.25) is 0 Å². The smallest absolute Gasteiger partial charge is 0.150 e. The number of hydrogen-bond donors (Lipinski definition) is 0. The fraction of sp³-hybridized carbons (Fsp3) is 0.355. The van der Waals surface area contributed by atoms with Gasteiger partial charge >= 0.3 is 0 Å². The van der Waals surface area contributed by atoms with Crippen molar-refractivity contribution in [3.63, 3.8) is 0 Å². The molecule has 2 aliphatic rings. The molecule has 36 heavy (non-hydrogen) atoms. The van der Waals surface area contributed by atoms with Crippen LogP contribution in [0.3, 0.4) is 0 Å². The minimum atomic E-state index is -0.250. The van der Waals surface area contributed by atoms with Gasteiger partial charge in [0.2, 0.25) is 0 Å². The second-order valence-electron chi connectivity index (χ2n) is 9.45. The number of methoxy groups -OCH3 is 2. The summed E-state index contributed by atoms with van der Waals surface area (Å²) in [6, 6.07) is 22.5. The van der Waals surface area contributed by atoms with E-state index >= 15 is 0 Å². The summed E-state index contributed by atoms with van der Waals surface area (Å²) in [4.78, 5) is 2.49. The lowest BCUT2D eigenvalue weighted by molar-refractivity contribution is 0.183. The molecule has 0 saturated carbocycles. The quantitative estimate of drug-likeness (QED) is 0.358. The third-order valence-electron chi connectivity index (χ3n) is 7.21.